The molecule has 2 aromatic carbocycles. The van der Waals surface area contributed by atoms with Crippen LogP contribution >= 0.6 is 0 Å². The van der Waals surface area contributed by atoms with Crippen molar-refractivity contribution in [3.63, 3.8) is 0 Å². The van der Waals surface area contributed by atoms with Crippen LogP contribution in [-0.2, 0) is 19.1 Å². The minimum Gasteiger partial charge on any atom is -0.504 e. The van der Waals surface area contributed by atoms with Crippen molar-refractivity contribution in [1.82, 2.24) is 5.32 Å². The van der Waals surface area contributed by atoms with E-state index in [0.717, 1.165) is 0 Å². The fourth-order valence-corrected chi connectivity index (χ4v) is 3.62. The van der Waals surface area contributed by atoms with E-state index < -0.39 is 23.7 Å². The van der Waals surface area contributed by atoms with E-state index in [1.54, 1.807) is 67.6 Å². The monoisotopic (exact) mass is 433 g/mol. The molecule has 2 aromatic rings. The first-order chi connectivity index (χ1) is 15.3. The Balaban J connectivity index is 2.10. The summed E-state index contributed by atoms with van der Waals surface area (Å²) in [6.07, 6.45) is 0.764. The van der Waals surface area contributed by atoms with E-state index in [4.69, 9.17) is 4.74 Å². The highest BCUT2D eigenvalue weighted by atomic mass is 16.6. The van der Waals surface area contributed by atoms with Gasteiger partial charge in [0.2, 0.25) is 0 Å². The summed E-state index contributed by atoms with van der Waals surface area (Å²) in [4.78, 5) is 38.5. The number of amides is 1. The second-order valence-electron chi connectivity index (χ2n) is 8.02. The van der Waals surface area contributed by atoms with Gasteiger partial charge in [-0.15, -0.1) is 0 Å². The number of hydrogen-bond acceptors (Lipinski definition) is 5. The molecule has 32 heavy (non-hydrogen) atoms. The van der Waals surface area contributed by atoms with Crippen LogP contribution in [0.5, 0.6) is 0 Å². The van der Waals surface area contributed by atoms with Crippen LogP contribution in [0.2, 0.25) is 0 Å². The van der Waals surface area contributed by atoms with Crippen molar-refractivity contribution in [3.8, 4) is 0 Å². The van der Waals surface area contributed by atoms with Crippen molar-refractivity contribution in [3.05, 3.63) is 83.3 Å². The number of rotatable bonds is 8. The Kier molecular flexibility index (Phi) is 7.25. The Morgan fingerprint density at radius 2 is 1.59 bits per heavy atom. The molecule has 0 aliphatic carbocycles. The Bertz CT molecular complexity index is 1070. The summed E-state index contributed by atoms with van der Waals surface area (Å²) < 4.78 is 5.40. The quantitative estimate of drug-likeness (QED) is 0.474. The van der Waals surface area contributed by atoms with Gasteiger partial charge in [-0.25, -0.2) is 4.79 Å². The molecule has 1 atom stereocenters. The molecule has 1 aliphatic rings. The van der Waals surface area contributed by atoms with E-state index in [0.29, 0.717) is 17.5 Å². The maximum atomic E-state index is 13.4. The second kappa shape index (κ2) is 10.1. The zero-order valence-electron chi connectivity index (χ0n) is 18.4. The lowest BCUT2D eigenvalue weighted by Crippen LogP contribution is -2.42. The summed E-state index contributed by atoms with van der Waals surface area (Å²) in [7, 11) is 0. The van der Waals surface area contributed by atoms with E-state index >= 15 is 0 Å². The van der Waals surface area contributed by atoms with Crippen LogP contribution in [0.25, 0.3) is 11.1 Å². The molecule has 0 fully saturated rings. The van der Waals surface area contributed by atoms with Gasteiger partial charge in [-0.05, 0) is 23.5 Å². The number of ether oxygens (including phenoxy) is 1. The highest BCUT2D eigenvalue weighted by Crippen LogP contribution is 2.36. The van der Waals surface area contributed by atoms with Crippen LogP contribution in [0.3, 0.4) is 0 Å². The lowest BCUT2D eigenvalue weighted by atomic mass is 9.96. The molecule has 1 heterocycles. The number of aliphatic hydroxyl groups excluding tert-OH is 1. The molecular formula is C26H27NO5. The van der Waals surface area contributed by atoms with Gasteiger partial charge in [0, 0.05) is 6.42 Å². The van der Waals surface area contributed by atoms with Crippen LogP contribution in [-0.4, -0.2) is 28.8 Å². The highest BCUT2D eigenvalue weighted by molar-refractivity contribution is 6.26. The van der Waals surface area contributed by atoms with Crippen molar-refractivity contribution >= 4 is 28.8 Å². The molecule has 0 saturated carbocycles. The largest absolute Gasteiger partial charge is 0.504 e. The first-order valence-electron chi connectivity index (χ1n) is 10.7. The summed E-state index contributed by atoms with van der Waals surface area (Å²) >= 11 is 0. The maximum Gasteiger partial charge on any atom is 0.348 e. The van der Waals surface area contributed by atoms with Gasteiger partial charge in [0.15, 0.2) is 17.3 Å². The minimum atomic E-state index is -0.742. The highest BCUT2D eigenvalue weighted by Gasteiger charge is 2.36. The first-order valence-corrected chi connectivity index (χ1v) is 10.7. The molecular weight excluding hydrogens is 406 g/mol. The third-order valence-corrected chi connectivity index (χ3v) is 5.18. The van der Waals surface area contributed by atoms with Crippen LogP contribution < -0.4 is 5.32 Å². The zero-order chi connectivity index (χ0) is 23.3. The molecule has 6 heteroatoms. The van der Waals surface area contributed by atoms with Crippen LogP contribution in [0.4, 0.5) is 0 Å². The van der Waals surface area contributed by atoms with Gasteiger partial charge in [-0.3, -0.25) is 9.59 Å². The van der Waals surface area contributed by atoms with Gasteiger partial charge in [0.25, 0.3) is 5.91 Å². The predicted molar refractivity (Wildman–Crippen MR) is 122 cm³/mol. The van der Waals surface area contributed by atoms with E-state index in [9.17, 15) is 19.5 Å². The van der Waals surface area contributed by atoms with E-state index in [1.165, 1.54) is 0 Å². The third-order valence-electron chi connectivity index (χ3n) is 5.18. The average Bonchev–Trinajstić information content (AvgIpc) is 3.07. The minimum absolute atomic E-state index is 0.0000373. The Morgan fingerprint density at radius 3 is 2.16 bits per heavy atom. The average molecular weight is 434 g/mol. The van der Waals surface area contributed by atoms with Crippen molar-refractivity contribution in [2.45, 2.75) is 39.7 Å². The molecule has 2 N–H and O–H groups in total. The molecule has 3 rings (SSSR count). The van der Waals surface area contributed by atoms with Crippen molar-refractivity contribution in [2.24, 2.45) is 5.92 Å². The standard InChI is InChI=1S/C26H27NO5/c1-4-20(28)19(15-16(2)3)27-25(30)22(18-13-9-6-10-14-18)24-23(29)21(26(31)32-24)17-11-7-5-8-12-17/h5-14,16,19,29H,4,15H2,1-3H3,(H,27,30)/b24-22+. The summed E-state index contributed by atoms with van der Waals surface area (Å²) in [6, 6.07) is 16.6. The number of cyclic esters (lactones) is 1. The fraction of sp³-hybridized carbons (Fsp3) is 0.269. The number of carbonyl (C=O) groups excluding carboxylic acids is 3. The Morgan fingerprint density at radius 1 is 1.00 bits per heavy atom. The number of hydrogen-bond donors (Lipinski definition) is 2. The third kappa shape index (κ3) is 4.97. The lowest BCUT2D eigenvalue weighted by molar-refractivity contribution is -0.131. The van der Waals surface area contributed by atoms with Crippen LogP contribution in [0.15, 0.2) is 72.2 Å². The zero-order valence-corrected chi connectivity index (χ0v) is 18.4. The van der Waals surface area contributed by atoms with Gasteiger partial charge in [0.1, 0.15) is 5.57 Å². The summed E-state index contributed by atoms with van der Waals surface area (Å²) in [5, 5.41) is 13.7. The molecule has 0 bridgehead atoms. The van der Waals surface area contributed by atoms with E-state index in [-0.39, 0.29) is 35.0 Å². The summed E-state index contributed by atoms with van der Waals surface area (Å²) in [5.74, 6) is -1.86. The normalized spacial score (nSPS) is 16.1. The number of Topliss-reactive ketones (excluding diaryl/α,β-unsaturated/α-hetero) is 1. The van der Waals surface area contributed by atoms with E-state index in [1.807, 2.05) is 13.8 Å². The number of carbonyl (C=O) groups is 3. The number of nitrogens with one attached hydrogen (secondary N) is 1. The van der Waals surface area contributed by atoms with Crippen molar-refractivity contribution in [1.29, 1.82) is 0 Å². The molecule has 166 valence electrons. The van der Waals surface area contributed by atoms with E-state index in [2.05, 4.69) is 5.32 Å². The number of aliphatic hydroxyl groups is 1. The molecule has 1 aliphatic heterocycles. The number of benzene rings is 2. The predicted octanol–water partition coefficient (Wildman–Crippen LogP) is 4.43. The number of esters is 1. The Labute approximate surface area is 187 Å². The van der Waals surface area contributed by atoms with Gasteiger partial charge in [-0.1, -0.05) is 81.4 Å². The summed E-state index contributed by atoms with van der Waals surface area (Å²) in [6.45, 7) is 5.69. The fourth-order valence-electron chi connectivity index (χ4n) is 3.62. The van der Waals surface area contributed by atoms with Crippen LogP contribution in [0.1, 0.15) is 44.7 Å². The molecule has 1 amide bonds. The SMILES string of the molecule is CCC(=O)C(CC(C)C)NC(=O)/C(=C1/OC(=O)C(c2ccccc2)=C1O)c1ccccc1. The number of ketones is 1. The maximum absolute atomic E-state index is 13.4. The first kappa shape index (κ1) is 23.0. The van der Waals surface area contributed by atoms with Gasteiger partial charge in [-0.2, -0.15) is 0 Å². The van der Waals surface area contributed by atoms with Gasteiger partial charge < -0.3 is 15.2 Å². The summed E-state index contributed by atoms with van der Waals surface area (Å²) in [5.41, 5.74) is 0.933. The molecule has 0 aromatic heterocycles. The van der Waals surface area contributed by atoms with Crippen LogP contribution in [0, 0.1) is 5.92 Å². The molecule has 6 nitrogen and oxygen atoms in total. The van der Waals surface area contributed by atoms with Crippen molar-refractivity contribution < 1.29 is 24.2 Å². The lowest BCUT2D eigenvalue weighted by Gasteiger charge is -2.20. The smallest absolute Gasteiger partial charge is 0.348 e. The molecule has 0 radical (unpaired) electrons. The van der Waals surface area contributed by atoms with Crippen molar-refractivity contribution in [2.75, 3.05) is 0 Å². The topological polar surface area (TPSA) is 92.7 Å². The van der Waals surface area contributed by atoms with Gasteiger partial charge >= 0.3 is 5.97 Å². The molecule has 0 saturated heterocycles. The molecule has 0 spiro atoms. The second-order valence-corrected chi connectivity index (χ2v) is 8.02. The van der Waals surface area contributed by atoms with Gasteiger partial charge in [0.05, 0.1) is 11.6 Å². The Hall–Kier alpha value is -3.67. The molecule has 1 unspecified atom stereocenters.